The van der Waals surface area contributed by atoms with Gasteiger partial charge in [-0.2, -0.15) is 0 Å². The smallest absolute Gasteiger partial charge is 0.326 e. The molecule has 8 N–H and O–H groups in total. The van der Waals surface area contributed by atoms with E-state index in [2.05, 4.69) is 16.0 Å². The highest BCUT2D eigenvalue weighted by atomic mass is 16.4. The first-order valence-electron chi connectivity index (χ1n) is 11.6. The fraction of sp³-hybridized carbons (Fsp3) is 0.542. The van der Waals surface area contributed by atoms with Gasteiger partial charge in [0.2, 0.25) is 17.7 Å². The molecule has 3 amide bonds. The number of amides is 3. The summed E-state index contributed by atoms with van der Waals surface area (Å²) in [6, 6.07) is 1.40. The van der Waals surface area contributed by atoms with Gasteiger partial charge in [0.05, 0.1) is 6.04 Å². The molecule has 36 heavy (non-hydrogen) atoms. The fourth-order valence-electron chi connectivity index (χ4n) is 3.22. The molecular weight excluding hydrogens is 472 g/mol. The van der Waals surface area contributed by atoms with Gasteiger partial charge in [0.25, 0.3) is 0 Å². The van der Waals surface area contributed by atoms with Crippen LogP contribution in [0.5, 0.6) is 5.75 Å². The monoisotopic (exact) mass is 508 g/mol. The van der Waals surface area contributed by atoms with Gasteiger partial charge in [0.15, 0.2) is 0 Å². The summed E-state index contributed by atoms with van der Waals surface area (Å²) in [4.78, 5) is 60.9. The molecule has 0 heterocycles. The van der Waals surface area contributed by atoms with Crippen molar-refractivity contribution >= 4 is 29.7 Å². The van der Waals surface area contributed by atoms with Crippen LogP contribution in [0.2, 0.25) is 0 Å². The third kappa shape index (κ3) is 9.90. The number of phenols is 1. The Bertz CT molecular complexity index is 933. The molecule has 200 valence electrons. The van der Waals surface area contributed by atoms with E-state index in [1.54, 1.807) is 39.8 Å². The molecule has 1 rings (SSSR count). The van der Waals surface area contributed by atoms with E-state index in [0.29, 0.717) is 5.56 Å². The lowest BCUT2D eigenvalue weighted by molar-refractivity contribution is -0.143. The zero-order valence-corrected chi connectivity index (χ0v) is 20.9. The van der Waals surface area contributed by atoms with Gasteiger partial charge in [-0.3, -0.25) is 19.2 Å². The van der Waals surface area contributed by atoms with E-state index in [0.717, 1.165) is 0 Å². The van der Waals surface area contributed by atoms with E-state index < -0.39 is 66.2 Å². The Kier molecular flexibility index (Phi) is 11.8. The van der Waals surface area contributed by atoms with Crippen LogP contribution in [0.25, 0.3) is 0 Å². The normalized spacial score (nSPS) is 14.4. The lowest BCUT2D eigenvalue weighted by Crippen LogP contribution is -2.59. The number of nitrogens with two attached hydrogens (primary N) is 1. The van der Waals surface area contributed by atoms with Crippen molar-refractivity contribution in [3.8, 4) is 5.75 Å². The number of hydrogen-bond donors (Lipinski definition) is 7. The molecule has 0 aliphatic carbocycles. The first-order chi connectivity index (χ1) is 16.7. The third-order valence-electron chi connectivity index (χ3n) is 5.54. The molecule has 0 aliphatic rings. The lowest BCUT2D eigenvalue weighted by atomic mass is 9.99. The van der Waals surface area contributed by atoms with Crippen molar-refractivity contribution in [1.29, 1.82) is 0 Å². The maximum Gasteiger partial charge on any atom is 0.326 e. The number of rotatable bonds is 14. The summed E-state index contributed by atoms with van der Waals surface area (Å²) >= 11 is 0. The molecule has 12 nitrogen and oxygen atoms in total. The Morgan fingerprint density at radius 2 is 1.36 bits per heavy atom. The van der Waals surface area contributed by atoms with Gasteiger partial charge in [-0.25, -0.2) is 4.79 Å². The summed E-state index contributed by atoms with van der Waals surface area (Å²) in [7, 11) is 0. The molecule has 1 aromatic rings. The minimum atomic E-state index is -1.46. The number of carboxylic acids is 2. The van der Waals surface area contributed by atoms with Crippen LogP contribution in [-0.4, -0.2) is 69.1 Å². The molecule has 0 fully saturated rings. The maximum absolute atomic E-state index is 13.2. The van der Waals surface area contributed by atoms with Gasteiger partial charge >= 0.3 is 11.9 Å². The zero-order valence-electron chi connectivity index (χ0n) is 20.9. The summed E-state index contributed by atoms with van der Waals surface area (Å²) < 4.78 is 0. The highest BCUT2D eigenvalue weighted by Crippen LogP contribution is 2.13. The molecule has 0 spiro atoms. The Morgan fingerprint density at radius 1 is 0.806 bits per heavy atom. The van der Waals surface area contributed by atoms with Gasteiger partial charge in [0, 0.05) is 12.8 Å². The van der Waals surface area contributed by atoms with Crippen molar-refractivity contribution < 1.29 is 39.3 Å². The van der Waals surface area contributed by atoms with Crippen LogP contribution in [0.4, 0.5) is 0 Å². The predicted molar refractivity (Wildman–Crippen MR) is 130 cm³/mol. The molecule has 12 heteroatoms. The minimum absolute atomic E-state index is 0.0260. The first-order valence-corrected chi connectivity index (χ1v) is 11.6. The lowest BCUT2D eigenvalue weighted by Gasteiger charge is -2.27. The average molecular weight is 509 g/mol. The summed E-state index contributed by atoms with van der Waals surface area (Å²) in [5, 5.41) is 35.1. The molecule has 0 unspecified atom stereocenters. The third-order valence-corrected chi connectivity index (χ3v) is 5.54. The van der Waals surface area contributed by atoms with Gasteiger partial charge < -0.3 is 37.0 Å². The quantitative estimate of drug-likeness (QED) is 0.180. The van der Waals surface area contributed by atoms with E-state index in [9.17, 15) is 34.2 Å². The molecule has 0 aromatic heterocycles. The number of carbonyl (C=O) groups excluding carboxylic acids is 3. The van der Waals surface area contributed by atoms with Crippen LogP contribution in [0.3, 0.4) is 0 Å². The van der Waals surface area contributed by atoms with E-state index in [1.165, 1.54) is 12.1 Å². The van der Waals surface area contributed by atoms with Crippen LogP contribution < -0.4 is 21.7 Å². The van der Waals surface area contributed by atoms with E-state index in [-0.39, 0.29) is 24.5 Å². The SMILES string of the molecule is CC(C)[C@H](N)C(=O)N[C@@H](Cc1ccc(O)cc1)C(=O)N[C@H](C(=O)N[C@@H](CCC(=O)O)C(=O)O)C(C)C. The van der Waals surface area contributed by atoms with E-state index >= 15 is 0 Å². The second-order valence-corrected chi connectivity index (χ2v) is 9.26. The second kappa shape index (κ2) is 14.0. The standard InChI is InChI=1S/C24H36N4O8/c1-12(2)19(25)22(33)27-17(11-14-5-7-15(29)8-6-14)21(32)28-20(13(3)4)23(34)26-16(24(35)36)9-10-18(30)31/h5-8,12-13,16-17,19-20,29H,9-11,25H2,1-4H3,(H,26,34)(H,27,33)(H,28,32)(H,30,31)(H,35,36)/t16-,17-,19-,20-/m0/s1. The molecule has 0 aliphatic heterocycles. The molecule has 0 radical (unpaired) electrons. The molecule has 0 bridgehead atoms. The number of aliphatic carboxylic acids is 2. The van der Waals surface area contributed by atoms with Gasteiger partial charge in [-0.15, -0.1) is 0 Å². The van der Waals surface area contributed by atoms with E-state index in [1.807, 2.05) is 0 Å². The highest BCUT2D eigenvalue weighted by Gasteiger charge is 2.32. The van der Waals surface area contributed by atoms with Gasteiger partial charge in [-0.05, 0) is 36.0 Å². The largest absolute Gasteiger partial charge is 0.508 e. The number of aromatic hydroxyl groups is 1. The van der Waals surface area contributed by atoms with Crippen molar-refractivity contribution in [3.05, 3.63) is 29.8 Å². The van der Waals surface area contributed by atoms with E-state index in [4.69, 9.17) is 10.8 Å². The van der Waals surface area contributed by atoms with Crippen molar-refractivity contribution in [3.63, 3.8) is 0 Å². The maximum atomic E-state index is 13.2. The Balaban J connectivity index is 3.09. The summed E-state index contributed by atoms with van der Waals surface area (Å²) in [5.41, 5.74) is 6.54. The molecule has 4 atom stereocenters. The molecule has 1 aromatic carbocycles. The Hall–Kier alpha value is -3.67. The van der Waals surface area contributed by atoms with Crippen molar-refractivity contribution in [2.75, 3.05) is 0 Å². The Labute approximate surface area is 209 Å². The number of hydrogen-bond acceptors (Lipinski definition) is 7. The summed E-state index contributed by atoms with van der Waals surface area (Å²) in [6.07, 6.45) is -0.764. The van der Waals surface area contributed by atoms with Crippen LogP contribution in [0.15, 0.2) is 24.3 Å². The molecule has 0 saturated carbocycles. The predicted octanol–water partition coefficient (Wildman–Crippen LogP) is -0.0222. The van der Waals surface area contributed by atoms with Crippen molar-refractivity contribution in [2.45, 2.75) is 71.1 Å². The van der Waals surface area contributed by atoms with Crippen molar-refractivity contribution in [2.24, 2.45) is 17.6 Å². The molecular formula is C24H36N4O8. The molecule has 0 saturated heterocycles. The van der Waals surface area contributed by atoms with Gasteiger partial charge in [-0.1, -0.05) is 39.8 Å². The average Bonchev–Trinajstić information content (AvgIpc) is 2.79. The van der Waals surface area contributed by atoms with Gasteiger partial charge in [0.1, 0.15) is 23.9 Å². The highest BCUT2D eigenvalue weighted by molar-refractivity contribution is 5.94. The second-order valence-electron chi connectivity index (χ2n) is 9.26. The number of nitrogens with one attached hydrogen (secondary N) is 3. The number of benzene rings is 1. The van der Waals surface area contributed by atoms with Crippen molar-refractivity contribution in [1.82, 2.24) is 16.0 Å². The van der Waals surface area contributed by atoms with Crippen LogP contribution in [0, 0.1) is 11.8 Å². The van der Waals surface area contributed by atoms with Crippen LogP contribution in [-0.2, 0) is 30.4 Å². The summed E-state index contributed by atoms with van der Waals surface area (Å²) in [6.45, 7) is 6.78. The fourth-order valence-corrected chi connectivity index (χ4v) is 3.22. The minimum Gasteiger partial charge on any atom is -0.508 e. The number of carboxylic acid groups (broad SMARTS) is 2. The summed E-state index contributed by atoms with van der Waals surface area (Å²) in [5.74, 6) is -5.31. The topological polar surface area (TPSA) is 208 Å². The number of phenolic OH excluding ortho intramolecular Hbond substituents is 1. The number of carbonyl (C=O) groups is 5. The van der Waals surface area contributed by atoms with Crippen LogP contribution in [0.1, 0.15) is 46.1 Å². The first kappa shape index (κ1) is 30.4. The Morgan fingerprint density at radius 3 is 1.83 bits per heavy atom. The van der Waals surface area contributed by atoms with Crippen LogP contribution >= 0.6 is 0 Å². The zero-order chi connectivity index (χ0) is 27.6.